The summed E-state index contributed by atoms with van der Waals surface area (Å²) in [4.78, 5) is 12.2. The molecule has 0 atom stereocenters. The van der Waals surface area contributed by atoms with Crippen molar-refractivity contribution in [1.82, 2.24) is 5.32 Å². The Bertz CT molecular complexity index is 919. The highest BCUT2D eigenvalue weighted by Crippen LogP contribution is 2.23. The van der Waals surface area contributed by atoms with Crippen LogP contribution >= 0.6 is 0 Å². The molecule has 3 aromatic carbocycles. The van der Waals surface area contributed by atoms with E-state index < -0.39 is 5.91 Å². The third kappa shape index (κ3) is 5.35. The van der Waals surface area contributed by atoms with Crippen LogP contribution in [0.2, 0.25) is 0 Å². The number of phenolic OH excluding ortho intramolecular Hbond substituents is 2. The molecular weight excluding hydrogens is 338 g/mol. The fourth-order valence-corrected chi connectivity index (χ4v) is 2.67. The van der Waals surface area contributed by atoms with Crippen molar-refractivity contribution in [3.63, 3.8) is 0 Å². The van der Waals surface area contributed by atoms with Crippen LogP contribution in [0.15, 0.2) is 66.7 Å². The SMILES string of the molecule is CC.Cc1cccc(-c2cccc(CNC(=O)c3cc(O)ccc3O)c2)c1. The van der Waals surface area contributed by atoms with Crippen molar-refractivity contribution in [3.05, 3.63) is 83.4 Å². The molecule has 0 unspecified atom stereocenters. The van der Waals surface area contributed by atoms with Gasteiger partial charge >= 0.3 is 0 Å². The Morgan fingerprint density at radius 2 is 1.56 bits per heavy atom. The standard InChI is InChI=1S/C21H19NO3.C2H6/c1-14-4-2-6-16(10-14)17-7-3-5-15(11-17)13-22-21(25)19-12-18(23)8-9-20(19)24;1-2/h2-12,23-24H,13H2,1H3,(H,22,25);1-2H3. The van der Waals surface area contributed by atoms with Crippen LogP contribution in [0.1, 0.15) is 35.3 Å². The van der Waals surface area contributed by atoms with Gasteiger partial charge in [0.25, 0.3) is 5.91 Å². The van der Waals surface area contributed by atoms with E-state index in [0.717, 1.165) is 16.7 Å². The monoisotopic (exact) mass is 363 g/mol. The van der Waals surface area contributed by atoms with Gasteiger partial charge in [0.1, 0.15) is 11.5 Å². The fourth-order valence-electron chi connectivity index (χ4n) is 2.67. The Kier molecular flexibility index (Phi) is 7.00. The van der Waals surface area contributed by atoms with Crippen LogP contribution in [0.3, 0.4) is 0 Å². The van der Waals surface area contributed by atoms with Gasteiger partial charge in [-0.25, -0.2) is 0 Å². The lowest BCUT2D eigenvalue weighted by atomic mass is 10.0. The zero-order chi connectivity index (χ0) is 19.8. The van der Waals surface area contributed by atoms with E-state index in [2.05, 4.69) is 30.4 Å². The molecule has 3 rings (SSSR count). The summed E-state index contributed by atoms with van der Waals surface area (Å²) in [5, 5.41) is 22.0. The number of amides is 1. The maximum absolute atomic E-state index is 12.2. The van der Waals surface area contributed by atoms with Gasteiger partial charge in [0.15, 0.2) is 0 Å². The van der Waals surface area contributed by atoms with E-state index in [-0.39, 0.29) is 17.1 Å². The third-order valence-corrected chi connectivity index (χ3v) is 3.96. The molecular formula is C23H25NO3. The molecule has 0 spiro atoms. The Balaban J connectivity index is 0.00000126. The Hall–Kier alpha value is -3.27. The number of phenols is 2. The largest absolute Gasteiger partial charge is 0.508 e. The molecule has 4 heteroatoms. The number of rotatable bonds is 4. The van der Waals surface area contributed by atoms with E-state index >= 15 is 0 Å². The molecule has 3 N–H and O–H groups in total. The van der Waals surface area contributed by atoms with Gasteiger partial charge < -0.3 is 15.5 Å². The third-order valence-electron chi connectivity index (χ3n) is 3.96. The van der Waals surface area contributed by atoms with E-state index in [4.69, 9.17) is 0 Å². The molecule has 3 aromatic rings. The molecule has 0 aliphatic carbocycles. The first-order valence-electron chi connectivity index (χ1n) is 8.99. The van der Waals surface area contributed by atoms with Crippen LogP contribution in [0, 0.1) is 6.92 Å². The summed E-state index contributed by atoms with van der Waals surface area (Å²) >= 11 is 0. The smallest absolute Gasteiger partial charge is 0.255 e. The quantitative estimate of drug-likeness (QED) is 0.570. The molecule has 0 saturated carbocycles. The van der Waals surface area contributed by atoms with E-state index in [0.29, 0.717) is 6.54 Å². The average molecular weight is 363 g/mol. The van der Waals surface area contributed by atoms with Gasteiger partial charge in [-0.1, -0.05) is 61.9 Å². The second-order valence-electron chi connectivity index (χ2n) is 5.95. The minimum Gasteiger partial charge on any atom is -0.508 e. The molecule has 0 bridgehead atoms. The lowest BCUT2D eigenvalue weighted by Crippen LogP contribution is -2.22. The number of hydrogen-bond acceptors (Lipinski definition) is 3. The highest BCUT2D eigenvalue weighted by atomic mass is 16.3. The van der Waals surface area contributed by atoms with Gasteiger partial charge in [-0.15, -0.1) is 0 Å². The van der Waals surface area contributed by atoms with Crippen molar-refractivity contribution in [1.29, 1.82) is 0 Å². The molecule has 0 aliphatic rings. The summed E-state index contributed by atoms with van der Waals surface area (Å²) < 4.78 is 0. The van der Waals surface area contributed by atoms with E-state index in [1.54, 1.807) is 0 Å². The number of nitrogens with one attached hydrogen (secondary N) is 1. The Morgan fingerprint density at radius 3 is 2.26 bits per heavy atom. The fraction of sp³-hybridized carbons (Fsp3) is 0.174. The zero-order valence-electron chi connectivity index (χ0n) is 15.9. The van der Waals surface area contributed by atoms with Gasteiger partial charge in [-0.3, -0.25) is 4.79 Å². The predicted octanol–water partition coefficient (Wildman–Crippen LogP) is 5.03. The van der Waals surface area contributed by atoms with Crippen LogP contribution in [-0.4, -0.2) is 16.1 Å². The van der Waals surface area contributed by atoms with Crippen LogP contribution < -0.4 is 5.32 Å². The Labute approximate surface area is 160 Å². The summed E-state index contributed by atoms with van der Waals surface area (Å²) in [7, 11) is 0. The van der Waals surface area contributed by atoms with E-state index in [1.807, 2.05) is 44.2 Å². The van der Waals surface area contributed by atoms with Crippen molar-refractivity contribution in [2.45, 2.75) is 27.3 Å². The summed E-state index contributed by atoms with van der Waals surface area (Å²) in [6.45, 7) is 6.38. The van der Waals surface area contributed by atoms with Gasteiger partial charge in [-0.05, 0) is 47.9 Å². The average Bonchev–Trinajstić information content (AvgIpc) is 2.70. The van der Waals surface area contributed by atoms with E-state index in [1.165, 1.54) is 23.8 Å². The molecule has 27 heavy (non-hydrogen) atoms. The maximum Gasteiger partial charge on any atom is 0.255 e. The van der Waals surface area contributed by atoms with E-state index in [9.17, 15) is 15.0 Å². The summed E-state index contributed by atoms with van der Waals surface area (Å²) in [6, 6.07) is 20.0. The first-order valence-corrected chi connectivity index (χ1v) is 8.99. The highest BCUT2D eigenvalue weighted by molar-refractivity contribution is 5.97. The molecule has 140 valence electrons. The first kappa shape index (κ1) is 20.0. The topological polar surface area (TPSA) is 69.6 Å². The molecule has 0 aromatic heterocycles. The number of carbonyl (C=O) groups is 1. The molecule has 0 heterocycles. The molecule has 0 saturated heterocycles. The lowest BCUT2D eigenvalue weighted by molar-refractivity contribution is 0.0948. The lowest BCUT2D eigenvalue weighted by Gasteiger charge is -2.09. The van der Waals surface area contributed by atoms with Gasteiger partial charge in [0, 0.05) is 6.54 Å². The second kappa shape index (κ2) is 9.43. The maximum atomic E-state index is 12.2. The van der Waals surface area contributed by atoms with Crippen LogP contribution in [-0.2, 0) is 6.54 Å². The number of carbonyl (C=O) groups excluding carboxylic acids is 1. The van der Waals surface area contributed by atoms with Gasteiger partial charge in [0.2, 0.25) is 0 Å². The predicted molar refractivity (Wildman–Crippen MR) is 109 cm³/mol. The minimum absolute atomic E-state index is 0.0508. The summed E-state index contributed by atoms with van der Waals surface area (Å²) in [5.74, 6) is -0.664. The Morgan fingerprint density at radius 1 is 0.889 bits per heavy atom. The zero-order valence-corrected chi connectivity index (χ0v) is 15.9. The summed E-state index contributed by atoms with van der Waals surface area (Å²) in [5.41, 5.74) is 4.40. The van der Waals surface area contributed by atoms with Crippen molar-refractivity contribution in [2.75, 3.05) is 0 Å². The second-order valence-corrected chi connectivity index (χ2v) is 5.95. The molecule has 0 radical (unpaired) electrons. The van der Waals surface area contributed by atoms with Gasteiger partial charge in [-0.2, -0.15) is 0 Å². The van der Waals surface area contributed by atoms with Crippen molar-refractivity contribution in [3.8, 4) is 22.6 Å². The number of aromatic hydroxyl groups is 2. The van der Waals surface area contributed by atoms with Crippen LogP contribution in [0.25, 0.3) is 11.1 Å². The van der Waals surface area contributed by atoms with Crippen LogP contribution in [0.5, 0.6) is 11.5 Å². The van der Waals surface area contributed by atoms with Crippen molar-refractivity contribution < 1.29 is 15.0 Å². The molecule has 0 aliphatic heterocycles. The summed E-state index contributed by atoms with van der Waals surface area (Å²) in [6.07, 6.45) is 0. The first-order chi connectivity index (χ1) is 13.0. The molecule has 0 fully saturated rings. The number of benzene rings is 3. The van der Waals surface area contributed by atoms with Gasteiger partial charge in [0.05, 0.1) is 5.56 Å². The number of aryl methyl sites for hydroxylation is 1. The molecule has 1 amide bonds. The minimum atomic E-state index is -0.436. The normalized spacial score (nSPS) is 9.89. The highest BCUT2D eigenvalue weighted by Gasteiger charge is 2.11. The number of hydrogen-bond donors (Lipinski definition) is 3. The molecule has 4 nitrogen and oxygen atoms in total. The van der Waals surface area contributed by atoms with Crippen LogP contribution in [0.4, 0.5) is 0 Å². The van der Waals surface area contributed by atoms with Crippen molar-refractivity contribution in [2.24, 2.45) is 0 Å². The van der Waals surface area contributed by atoms with Crippen molar-refractivity contribution >= 4 is 5.91 Å².